The van der Waals surface area contributed by atoms with E-state index in [1.54, 1.807) is 0 Å². The number of aromatic hydroxyl groups is 2. The number of aliphatic carboxylic acids is 1. The average molecular weight is 208 g/mol. The zero-order valence-electron chi connectivity index (χ0n) is 8.10. The summed E-state index contributed by atoms with van der Waals surface area (Å²) in [5.41, 5.74) is 1.45. The number of hydrogen-bond donors (Lipinski definition) is 3. The molecule has 1 aliphatic rings. The van der Waals surface area contributed by atoms with Gasteiger partial charge in [0.1, 0.15) is 0 Å². The molecule has 0 aliphatic heterocycles. The van der Waals surface area contributed by atoms with Gasteiger partial charge in [-0.2, -0.15) is 0 Å². The summed E-state index contributed by atoms with van der Waals surface area (Å²) in [5, 5.41) is 27.6. The topological polar surface area (TPSA) is 77.8 Å². The fraction of sp³-hybridized carbons (Fsp3) is 0.364. The van der Waals surface area contributed by atoms with Gasteiger partial charge in [-0.1, -0.05) is 0 Å². The lowest BCUT2D eigenvalue weighted by Crippen LogP contribution is -2.17. The molecule has 4 heteroatoms. The highest BCUT2D eigenvalue weighted by molar-refractivity contribution is 5.77. The van der Waals surface area contributed by atoms with Crippen molar-refractivity contribution < 1.29 is 20.1 Å². The first kappa shape index (κ1) is 9.83. The second kappa shape index (κ2) is 3.46. The van der Waals surface area contributed by atoms with Gasteiger partial charge in [0, 0.05) is 0 Å². The molecule has 0 bridgehead atoms. The number of carbonyl (C=O) groups is 1. The molecule has 15 heavy (non-hydrogen) atoms. The summed E-state index contributed by atoms with van der Waals surface area (Å²) in [6, 6.07) is 2.82. The number of hydrogen-bond acceptors (Lipinski definition) is 3. The molecule has 0 heterocycles. The Bertz CT molecular complexity index is 411. The van der Waals surface area contributed by atoms with Crippen molar-refractivity contribution in [2.75, 3.05) is 0 Å². The van der Waals surface area contributed by atoms with Crippen LogP contribution in [-0.4, -0.2) is 21.3 Å². The number of phenols is 2. The highest BCUT2D eigenvalue weighted by Crippen LogP contribution is 2.38. The van der Waals surface area contributed by atoms with Gasteiger partial charge in [0.2, 0.25) is 0 Å². The highest BCUT2D eigenvalue weighted by atomic mass is 16.4. The van der Waals surface area contributed by atoms with Crippen molar-refractivity contribution in [2.24, 2.45) is 0 Å². The van der Waals surface area contributed by atoms with Crippen molar-refractivity contribution in [3.63, 3.8) is 0 Å². The maximum Gasteiger partial charge on any atom is 0.310 e. The van der Waals surface area contributed by atoms with Crippen LogP contribution in [0.15, 0.2) is 12.1 Å². The Hall–Kier alpha value is -1.71. The zero-order valence-corrected chi connectivity index (χ0v) is 8.10. The predicted molar refractivity (Wildman–Crippen MR) is 53.1 cm³/mol. The largest absolute Gasteiger partial charge is 0.504 e. The van der Waals surface area contributed by atoms with Crippen LogP contribution in [0.2, 0.25) is 0 Å². The first-order valence-electron chi connectivity index (χ1n) is 4.87. The van der Waals surface area contributed by atoms with Gasteiger partial charge in [-0.15, -0.1) is 0 Å². The van der Waals surface area contributed by atoms with Crippen molar-refractivity contribution in [2.45, 2.75) is 25.2 Å². The van der Waals surface area contributed by atoms with Crippen molar-refractivity contribution >= 4 is 5.97 Å². The Balaban J connectivity index is 2.51. The molecule has 1 atom stereocenters. The first-order chi connectivity index (χ1) is 7.09. The zero-order chi connectivity index (χ0) is 11.0. The van der Waals surface area contributed by atoms with Crippen LogP contribution in [0.3, 0.4) is 0 Å². The van der Waals surface area contributed by atoms with Crippen molar-refractivity contribution in [1.29, 1.82) is 0 Å². The van der Waals surface area contributed by atoms with Crippen LogP contribution in [0.1, 0.15) is 29.9 Å². The highest BCUT2D eigenvalue weighted by Gasteiger charge is 2.27. The van der Waals surface area contributed by atoms with Gasteiger partial charge in [0.25, 0.3) is 0 Å². The molecule has 3 N–H and O–H groups in total. The molecule has 1 unspecified atom stereocenters. The van der Waals surface area contributed by atoms with Gasteiger partial charge in [0.05, 0.1) is 5.92 Å². The molecule has 0 radical (unpaired) electrons. The van der Waals surface area contributed by atoms with Gasteiger partial charge in [-0.05, 0) is 42.5 Å². The Kier molecular flexibility index (Phi) is 2.26. The maximum atomic E-state index is 11.0. The molecule has 0 aromatic heterocycles. The summed E-state index contributed by atoms with van der Waals surface area (Å²) >= 11 is 0. The lowest BCUT2D eigenvalue weighted by molar-refractivity contribution is -0.139. The van der Waals surface area contributed by atoms with E-state index in [1.807, 2.05) is 0 Å². The molecule has 0 spiro atoms. The third-order valence-corrected chi connectivity index (χ3v) is 2.85. The first-order valence-corrected chi connectivity index (χ1v) is 4.87. The third kappa shape index (κ3) is 1.63. The predicted octanol–water partition coefficient (Wildman–Crippen LogP) is 1.60. The second-order valence-electron chi connectivity index (χ2n) is 3.82. The Morgan fingerprint density at radius 1 is 1.27 bits per heavy atom. The minimum Gasteiger partial charge on any atom is -0.504 e. The fourth-order valence-corrected chi connectivity index (χ4v) is 2.09. The lowest BCUT2D eigenvalue weighted by Gasteiger charge is -2.22. The lowest BCUT2D eigenvalue weighted by atomic mass is 9.82. The van der Waals surface area contributed by atoms with E-state index in [-0.39, 0.29) is 11.5 Å². The van der Waals surface area contributed by atoms with Crippen LogP contribution in [-0.2, 0) is 11.2 Å². The van der Waals surface area contributed by atoms with Crippen LogP contribution in [0.5, 0.6) is 11.5 Å². The van der Waals surface area contributed by atoms with Crippen LogP contribution >= 0.6 is 0 Å². The second-order valence-corrected chi connectivity index (χ2v) is 3.82. The van der Waals surface area contributed by atoms with E-state index in [4.69, 9.17) is 5.11 Å². The average Bonchev–Trinajstić information content (AvgIpc) is 2.18. The molecule has 1 aromatic carbocycles. The summed E-state index contributed by atoms with van der Waals surface area (Å²) in [6.45, 7) is 0. The van der Waals surface area contributed by atoms with E-state index in [2.05, 4.69) is 0 Å². The molecule has 80 valence electrons. The molecule has 1 aromatic rings. The number of carboxylic acid groups (broad SMARTS) is 1. The number of rotatable bonds is 1. The van der Waals surface area contributed by atoms with E-state index in [9.17, 15) is 15.0 Å². The van der Waals surface area contributed by atoms with E-state index in [0.29, 0.717) is 12.0 Å². The van der Waals surface area contributed by atoms with E-state index in [1.165, 1.54) is 12.1 Å². The van der Waals surface area contributed by atoms with Crippen LogP contribution in [0, 0.1) is 0 Å². The Morgan fingerprint density at radius 3 is 2.60 bits per heavy atom. The Labute approximate surface area is 86.8 Å². The molecular formula is C11H12O4. The minimum absolute atomic E-state index is 0.181. The summed E-state index contributed by atoms with van der Waals surface area (Å²) < 4.78 is 0. The van der Waals surface area contributed by atoms with Gasteiger partial charge < -0.3 is 15.3 Å². The number of aryl methyl sites for hydroxylation is 1. The monoisotopic (exact) mass is 208 g/mol. The molecular weight excluding hydrogens is 196 g/mol. The Morgan fingerprint density at radius 2 is 1.93 bits per heavy atom. The van der Waals surface area contributed by atoms with Gasteiger partial charge >= 0.3 is 5.97 Å². The van der Waals surface area contributed by atoms with E-state index in [0.717, 1.165) is 18.4 Å². The molecule has 2 rings (SSSR count). The standard InChI is InChI=1S/C11H12O4/c12-9-4-6-2-1-3-7(11(14)15)8(6)5-10(9)13/h4-5,7,12-13H,1-3H2,(H,14,15). The minimum atomic E-state index is -0.874. The number of benzene rings is 1. The van der Waals surface area contributed by atoms with Crippen molar-refractivity contribution in [3.05, 3.63) is 23.3 Å². The van der Waals surface area contributed by atoms with Crippen LogP contribution < -0.4 is 0 Å². The molecule has 1 aliphatic carbocycles. The quantitative estimate of drug-likeness (QED) is 0.612. The number of phenolic OH excluding ortho intramolecular Hbond substituents is 2. The molecule has 4 nitrogen and oxygen atoms in total. The smallest absolute Gasteiger partial charge is 0.310 e. The summed E-state index contributed by atoms with van der Waals surface area (Å²) in [7, 11) is 0. The summed E-state index contributed by atoms with van der Waals surface area (Å²) in [5.74, 6) is -1.86. The number of fused-ring (bicyclic) bond motifs is 1. The number of carboxylic acids is 1. The SMILES string of the molecule is O=C(O)C1CCCc2cc(O)c(O)cc21. The third-order valence-electron chi connectivity index (χ3n) is 2.85. The molecule has 0 fully saturated rings. The molecule has 0 saturated heterocycles. The van der Waals surface area contributed by atoms with E-state index < -0.39 is 11.9 Å². The van der Waals surface area contributed by atoms with Gasteiger partial charge in [0.15, 0.2) is 11.5 Å². The van der Waals surface area contributed by atoms with Crippen molar-refractivity contribution in [3.8, 4) is 11.5 Å². The van der Waals surface area contributed by atoms with Gasteiger partial charge in [-0.25, -0.2) is 0 Å². The van der Waals surface area contributed by atoms with E-state index >= 15 is 0 Å². The fourth-order valence-electron chi connectivity index (χ4n) is 2.09. The van der Waals surface area contributed by atoms with Crippen molar-refractivity contribution in [1.82, 2.24) is 0 Å². The molecule has 0 amide bonds. The van der Waals surface area contributed by atoms with Crippen LogP contribution in [0.4, 0.5) is 0 Å². The maximum absolute atomic E-state index is 11.0. The normalized spacial score (nSPS) is 19.6. The molecule has 0 saturated carbocycles. The van der Waals surface area contributed by atoms with Gasteiger partial charge in [-0.3, -0.25) is 4.79 Å². The summed E-state index contributed by atoms with van der Waals surface area (Å²) in [4.78, 5) is 11.0. The van der Waals surface area contributed by atoms with Crippen LogP contribution in [0.25, 0.3) is 0 Å². The summed E-state index contributed by atoms with van der Waals surface area (Å²) in [6.07, 6.45) is 2.15.